The molecular weight excluding hydrogens is 308 g/mol. The van der Waals surface area contributed by atoms with Gasteiger partial charge in [0.15, 0.2) is 0 Å². The molecule has 0 atom stereocenters. The third-order valence-corrected chi connectivity index (χ3v) is 4.33. The Morgan fingerprint density at radius 3 is 2.36 bits per heavy atom. The van der Waals surface area contributed by atoms with Crippen LogP contribution in [0.2, 0.25) is 0 Å². The van der Waals surface area contributed by atoms with Crippen LogP contribution in [-0.4, -0.2) is 23.9 Å². The zero-order chi connectivity index (χ0) is 18.1. The van der Waals surface area contributed by atoms with E-state index >= 15 is 0 Å². The molecule has 3 nitrogen and oxygen atoms in total. The lowest BCUT2D eigenvalue weighted by Gasteiger charge is -2.21. The Kier molecular flexibility index (Phi) is 7.52. The molecule has 1 amide bonds. The van der Waals surface area contributed by atoms with Gasteiger partial charge in [-0.3, -0.25) is 4.79 Å². The number of para-hydroxylation sites is 1. The molecule has 0 saturated heterocycles. The summed E-state index contributed by atoms with van der Waals surface area (Å²) in [6, 6.07) is 16.4. The largest absolute Gasteiger partial charge is 0.381 e. The number of anilines is 1. The van der Waals surface area contributed by atoms with Crippen molar-refractivity contribution in [2.45, 2.75) is 46.6 Å². The number of hydrogen-bond donors (Lipinski definition) is 1. The van der Waals surface area contributed by atoms with Crippen LogP contribution in [0.25, 0.3) is 0 Å². The molecule has 2 aromatic rings. The van der Waals surface area contributed by atoms with E-state index in [0.29, 0.717) is 0 Å². The molecule has 0 spiro atoms. The molecule has 3 heteroatoms. The summed E-state index contributed by atoms with van der Waals surface area (Å²) in [5, 5.41) is 3.50. The molecule has 0 fully saturated rings. The van der Waals surface area contributed by atoms with Gasteiger partial charge in [0.05, 0.1) is 0 Å². The zero-order valence-electron chi connectivity index (χ0n) is 15.7. The maximum atomic E-state index is 12.8. The normalized spacial score (nSPS) is 10.5. The van der Waals surface area contributed by atoms with E-state index in [1.807, 2.05) is 23.1 Å². The molecule has 0 heterocycles. The lowest BCUT2D eigenvalue weighted by Crippen LogP contribution is -2.32. The maximum absolute atomic E-state index is 12.8. The second-order valence-corrected chi connectivity index (χ2v) is 6.36. The van der Waals surface area contributed by atoms with Crippen LogP contribution in [0.15, 0.2) is 48.5 Å². The summed E-state index contributed by atoms with van der Waals surface area (Å²) in [5.41, 5.74) is 4.39. The van der Waals surface area contributed by atoms with Crippen molar-refractivity contribution in [3.8, 4) is 0 Å². The fraction of sp³-hybridized carbons (Fsp3) is 0.409. The van der Waals surface area contributed by atoms with Gasteiger partial charge in [0.25, 0.3) is 5.91 Å². The van der Waals surface area contributed by atoms with Crippen molar-refractivity contribution in [3.05, 3.63) is 65.2 Å². The summed E-state index contributed by atoms with van der Waals surface area (Å²) < 4.78 is 0. The summed E-state index contributed by atoms with van der Waals surface area (Å²) >= 11 is 0. The van der Waals surface area contributed by atoms with E-state index in [9.17, 15) is 4.79 Å². The molecule has 0 bridgehead atoms. The molecule has 0 aliphatic rings. The van der Waals surface area contributed by atoms with Crippen molar-refractivity contribution < 1.29 is 4.79 Å². The van der Waals surface area contributed by atoms with Gasteiger partial charge in [-0.1, -0.05) is 51.1 Å². The van der Waals surface area contributed by atoms with Crippen LogP contribution in [0.3, 0.4) is 0 Å². The van der Waals surface area contributed by atoms with Crippen LogP contribution < -0.4 is 5.32 Å². The Labute approximate surface area is 152 Å². The number of benzene rings is 2. The average Bonchev–Trinajstić information content (AvgIpc) is 2.66. The molecule has 2 aromatic carbocycles. The fourth-order valence-corrected chi connectivity index (χ4v) is 3.05. The first kappa shape index (κ1) is 19.0. The Balaban J connectivity index is 2.09. The predicted octanol–water partition coefficient (Wildman–Crippen LogP) is 5.12. The van der Waals surface area contributed by atoms with Crippen LogP contribution in [0, 0.1) is 0 Å². The lowest BCUT2D eigenvalue weighted by atomic mass is 10.1. The highest BCUT2D eigenvalue weighted by Gasteiger charge is 2.14. The molecule has 0 aromatic heterocycles. The molecule has 0 aliphatic heterocycles. The van der Waals surface area contributed by atoms with Gasteiger partial charge < -0.3 is 10.2 Å². The summed E-state index contributed by atoms with van der Waals surface area (Å²) in [4.78, 5) is 14.7. The molecule has 2 rings (SSSR count). The Morgan fingerprint density at radius 2 is 1.68 bits per heavy atom. The van der Waals surface area contributed by atoms with Crippen LogP contribution in [0.1, 0.15) is 55.1 Å². The molecular formula is C22H30N2O. The van der Waals surface area contributed by atoms with Gasteiger partial charge >= 0.3 is 0 Å². The van der Waals surface area contributed by atoms with Gasteiger partial charge in [-0.05, 0) is 48.6 Å². The SMILES string of the molecule is CCCN(CCC)C(=O)c1cccc(CNc2ccccc2CC)c1. The minimum atomic E-state index is 0.138. The minimum Gasteiger partial charge on any atom is -0.381 e. The number of nitrogens with one attached hydrogen (secondary N) is 1. The average molecular weight is 338 g/mol. The standard InChI is InChI=1S/C22H30N2O/c1-4-14-24(15-5-2)22(25)20-12-9-10-18(16-20)17-23-21-13-8-7-11-19(21)6-3/h7-13,16,23H,4-6,14-15,17H2,1-3H3. The Bertz CT molecular complexity index is 675. The predicted molar refractivity (Wildman–Crippen MR) is 106 cm³/mol. The van der Waals surface area contributed by atoms with E-state index in [4.69, 9.17) is 0 Å². The number of aryl methyl sites for hydroxylation is 1. The molecule has 0 saturated carbocycles. The first-order valence-electron chi connectivity index (χ1n) is 9.39. The summed E-state index contributed by atoms with van der Waals surface area (Å²) in [6.07, 6.45) is 2.98. The van der Waals surface area contributed by atoms with Crippen molar-refractivity contribution >= 4 is 11.6 Å². The summed E-state index contributed by atoms with van der Waals surface area (Å²) in [5.74, 6) is 0.138. The lowest BCUT2D eigenvalue weighted by molar-refractivity contribution is 0.0755. The number of carbonyl (C=O) groups excluding carboxylic acids is 1. The third-order valence-electron chi connectivity index (χ3n) is 4.33. The van der Waals surface area contributed by atoms with E-state index in [1.54, 1.807) is 0 Å². The minimum absolute atomic E-state index is 0.138. The molecule has 134 valence electrons. The van der Waals surface area contributed by atoms with Gasteiger partial charge in [0.1, 0.15) is 0 Å². The maximum Gasteiger partial charge on any atom is 0.253 e. The molecule has 0 unspecified atom stereocenters. The van der Waals surface area contributed by atoms with Crippen LogP contribution in [-0.2, 0) is 13.0 Å². The first-order valence-corrected chi connectivity index (χ1v) is 9.39. The second-order valence-electron chi connectivity index (χ2n) is 6.36. The fourth-order valence-electron chi connectivity index (χ4n) is 3.05. The van der Waals surface area contributed by atoms with Crippen molar-refractivity contribution in [1.82, 2.24) is 4.90 Å². The van der Waals surface area contributed by atoms with Crippen molar-refractivity contribution in [2.24, 2.45) is 0 Å². The quantitative estimate of drug-likeness (QED) is 0.688. The van der Waals surface area contributed by atoms with Gasteiger partial charge in [0.2, 0.25) is 0 Å². The van der Waals surface area contributed by atoms with E-state index in [1.165, 1.54) is 11.3 Å². The number of hydrogen-bond acceptors (Lipinski definition) is 2. The van der Waals surface area contributed by atoms with Gasteiger partial charge in [0, 0.05) is 30.9 Å². The second kappa shape index (κ2) is 9.87. The highest BCUT2D eigenvalue weighted by atomic mass is 16.2. The number of nitrogens with zero attached hydrogens (tertiary/aromatic N) is 1. The Morgan fingerprint density at radius 1 is 0.960 bits per heavy atom. The van der Waals surface area contributed by atoms with E-state index in [0.717, 1.165) is 50.0 Å². The number of amides is 1. The van der Waals surface area contributed by atoms with Gasteiger partial charge in [-0.15, -0.1) is 0 Å². The van der Waals surface area contributed by atoms with Gasteiger partial charge in [-0.2, -0.15) is 0 Å². The smallest absolute Gasteiger partial charge is 0.253 e. The molecule has 0 radical (unpaired) electrons. The van der Waals surface area contributed by atoms with Gasteiger partial charge in [-0.25, -0.2) is 0 Å². The summed E-state index contributed by atoms with van der Waals surface area (Å²) in [7, 11) is 0. The van der Waals surface area contributed by atoms with Crippen LogP contribution in [0.4, 0.5) is 5.69 Å². The van der Waals surface area contributed by atoms with E-state index in [2.05, 4.69) is 56.4 Å². The molecule has 1 N–H and O–H groups in total. The van der Waals surface area contributed by atoms with E-state index < -0.39 is 0 Å². The van der Waals surface area contributed by atoms with Crippen LogP contribution >= 0.6 is 0 Å². The van der Waals surface area contributed by atoms with Crippen molar-refractivity contribution in [1.29, 1.82) is 0 Å². The topological polar surface area (TPSA) is 32.3 Å². The molecule has 25 heavy (non-hydrogen) atoms. The zero-order valence-corrected chi connectivity index (χ0v) is 15.7. The first-order chi connectivity index (χ1) is 12.2. The molecule has 0 aliphatic carbocycles. The Hall–Kier alpha value is -2.29. The van der Waals surface area contributed by atoms with E-state index in [-0.39, 0.29) is 5.91 Å². The monoisotopic (exact) mass is 338 g/mol. The number of rotatable bonds is 9. The summed E-state index contributed by atoms with van der Waals surface area (Å²) in [6.45, 7) is 8.75. The third kappa shape index (κ3) is 5.35. The van der Waals surface area contributed by atoms with Crippen molar-refractivity contribution in [2.75, 3.05) is 18.4 Å². The number of carbonyl (C=O) groups is 1. The van der Waals surface area contributed by atoms with Crippen LogP contribution in [0.5, 0.6) is 0 Å². The highest BCUT2D eigenvalue weighted by Crippen LogP contribution is 2.17. The van der Waals surface area contributed by atoms with Crippen molar-refractivity contribution in [3.63, 3.8) is 0 Å². The highest BCUT2D eigenvalue weighted by molar-refractivity contribution is 5.94.